The van der Waals surface area contributed by atoms with Crippen molar-refractivity contribution in [2.45, 2.75) is 19.0 Å². The van der Waals surface area contributed by atoms with E-state index in [-0.39, 0.29) is 5.91 Å². The van der Waals surface area contributed by atoms with Gasteiger partial charge in [-0.1, -0.05) is 30.3 Å². The molecule has 3 fully saturated rings. The molecule has 7 heteroatoms. The summed E-state index contributed by atoms with van der Waals surface area (Å²) in [5.74, 6) is -0.102. The number of fused-ring (bicyclic) bond motifs is 3. The van der Waals surface area contributed by atoms with Gasteiger partial charge in [-0.05, 0) is 0 Å². The van der Waals surface area contributed by atoms with Gasteiger partial charge in [-0.15, -0.1) is 0 Å². The van der Waals surface area contributed by atoms with Gasteiger partial charge in [0.1, 0.15) is 0 Å². The summed E-state index contributed by atoms with van der Waals surface area (Å²) in [6.07, 6.45) is 1.97. The number of amides is 1. The minimum Gasteiger partial charge on any atom is -0.350 e. The summed E-state index contributed by atoms with van der Waals surface area (Å²) in [6.45, 7) is 6.58. The highest BCUT2D eigenvalue weighted by Gasteiger charge is 2.32. The zero-order chi connectivity index (χ0) is 18.6. The van der Waals surface area contributed by atoms with E-state index in [0.717, 1.165) is 44.0 Å². The van der Waals surface area contributed by atoms with E-state index in [9.17, 15) is 4.79 Å². The normalized spacial score (nSPS) is 23.7. The van der Waals surface area contributed by atoms with Gasteiger partial charge in [0, 0.05) is 50.9 Å². The molecule has 3 saturated heterocycles. The lowest BCUT2D eigenvalue weighted by Crippen LogP contribution is -2.63. The van der Waals surface area contributed by atoms with E-state index in [1.807, 2.05) is 30.3 Å². The van der Waals surface area contributed by atoms with Crippen LogP contribution < -0.4 is 5.32 Å². The molecule has 1 aromatic carbocycles. The van der Waals surface area contributed by atoms with Crippen molar-refractivity contribution in [2.75, 3.05) is 39.3 Å². The Labute approximate surface area is 159 Å². The molecule has 7 nitrogen and oxygen atoms in total. The summed E-state index contributed by atoms with van der Waals surface area (Å²) in [7, 11) is 0. The summed E-state index contributed by atoms with van der Waals surface area (Å²) in [5, 5.41) is 16.4. The van der Waals surface area contributed by atoms with E-state index in [1.54, 1.807) is 10.9 Å². The molecule has 1 aromatic heterocycles. The summed E-state index contributed by atoms with van der Waals surface area (Å²) in [5.41, 5.74) is 2.28. The van der Waals surface area contributed by atoms with Gasteiger partial charge >= 0.3 is 0 Å². The summed E-state index contributed by atoms with van der Waals surface area (Å²) < 4.78 is 1.76. The molecule has 0 radical (unpaired) electrons. The second-order valence-corrected chi connectivity index (χ2v) is 7.10. The molecule has 4 heterocycles. The largest absolute Gasteiger partial charge is 0.350 e. The zero-order valence-corrected chi connectivity index (χ0v) is 15.3. The average Bonchev–Trinajstić information content (AvgIpc) is 3.16. The van der Waals surface area contributed by atoms with Gasteiger partial charge in [-0.3, -0.25) is 19.3 Å². The lowest BCUT2D eigenvalue weighted by atomic mass is 10.1. The van der Waals surface area contributed by atoms with Crippen LogP contribution in [0.1, 0.15) is 16.8 Å². The summed E-state index contributed by atoms with van der Waals surface area (Å²) in [4.78, 5) is 17.8. The van der Waals surface area contributed by atoms with Gasteiger partial charge in [0.2, 0.25) is 0 Å². The molecule has 5 rings (SSSR count). The Morgan fingerprint density at radius 3 is 2.67 bits per heavy atom. The fraction of sp³-hybridized carbons (Fsp3) is 0.450. The Morgan fingerprint density at radius 2 is 2.00 bits per heavy atom. The number of carbonyl (C=O) groups is 1. The van der Waals surface area contributed by atoms with E-state index >= 15 is 0 Å². The molecule has 1 N–H and O–H groups in total. The van der Waals surface area contributed by atoms with Gasteiger partial charge in [-0.2, -0.15) is 10.4 Å². The summed E-state index contributed by atoms with van der Waals surface area (Å²) in [6, 6.07) is 12.3. The monoisotopic (exact) mass is 364 g/mol. The number of rotatable bonds is 6. The molecule has 2 aromatic rings. The Kier molecular flexibility index (Phi) is 5.19. The number of piperazine rings is 3. The number of benzene rings is 1. The van der Waals surface area contributed by atoms with E-state index in [2.05, 4.69) is 26.3 Å². The summed E-state index contributed by atoms with van der Waals surface area (Å²) >= 11 is 0. The minimum atomic E-state index is -0.102. The Bertz CT molecular complexity index is 832. The van der Waals surface area contributed by atoms with Crippen molar-refractivity contribution in [1.82, 2.24) is 24.9 Å². The Balaban J connectivity index is 1.51. The van der Waals surface area contributed by atoms with Crippen molar-refractivity contribution in [1.29, 1.82) is 5.26 Å². The van der Waals surface area contributed by atoms with Crippen molar-refractivity contribution >= 4 is 5.91 Å². The van der Waals surface area contributed by atoms with Crippen LogP contribution in [0.15, 0.2) is 36.5 Å². The number of aryl methyl sites for hydroxylation is 1. The maximum absolute atomic E-state index is 12.9. The maximum Gasteiger partial charge on any atom is 0.255 e. The van der Waals surface area contributed by atoms with Crippen LogP contribution >= 0.6 is 0 Å². The van der Waals surface area contributed by atoms with Crippen LogP contribution in [0.25, 0.3) is 11.3 Å². The van der Waals surface area contributed by atoms with Crippen LogP contribution in [0.3, 0.4) is 0 Å². The number of nitriles is 1. The predicted octanol–water partition coefficient (Wildman–Crippen LogP) is 1.19. The van der Waals surface area contributed by atoms with Crippen LogP contribution in [-0.2, 0) is 6.54 Å². The molecule has 27 heavy (non-hydrogen) atoms. The molecular formula is C20H24N6O. The van der Waals surface area contributed by atoms with E-state index in [1.165, 1.54) is 0 Å². The first-order valence-corrected chi connectivity index (χ1v) is 9.49. The second kappa shape index (κ2) is 7.91. The minimum absolute atomic E-state index is 0.102. The molecule has 1 unspecified atom stereocenters. The molecule has 3 aliphatic heterocycles. The quantitative estimate of drug-likeness (QED) is 0.833. The lowest BCUT2D eigenvalue weighted by molar-refractivity contribution is 0.0138. The number of nitrogens with one attached hydrogen (secondary N) is 1. The standard InChI is InChI=1S/C20H24N6O/c21-7-4-8-26-19(16-5-2-1-3-6-16)18(14-23-26)20(27)22-13-17-15-24-9-11-25(17)12-10-24/h1-3,5-6,14,17H,4,8-13,15H2,(H,22,27). The molecule has 1 amide bonds. The van der Waals surface area contributed by atoms with Gasteiger partial charge < -0.3 is 5.32 Å². The number of nitrogens with zero attached hydrogens (tertiary/aromatic N) is 5. The smallest absolute Gasteiger partial charge is 0.255 e. The number of aromatic nitrogens is 2. The van der Waals surface area contributed by atoms with Crippen LogP contribution in [0.5, 0.6) is 0 Å². The predicted molar refractivity (Wildman–Crippen MR) is 102 cm³/mol. The fourth-order valence-corrected chi connectivity index (χ4v) is 4.00. The van der Waals surface area contributed by atoms with Crippen LogP contribution in [0.4, 0.5) is 0 Å². The Morgan fingerprint density at radius 1 is 1.22 bits per heavy atom. The SMILES string of the molecule is N#CCCn1ncc(C(=O)NCC2CN3CCN2CC3)c1-c1ccccc1. The van der Waals surface area contributed by atoms with Crippen molar-refractivity contribution in [3.63, 3.8) is 0 Å². The first-order valence-electron chi connectivity index (χ1n) is 9.49. The third-order valence-electron chi connectivity index (χ3n) is 5.46. The van der Waals surface area contributed by atoms with Crippen LogP contribution in [0.2, 0.25) is 0 Å². The molecule has 0 spiro atoms. The van der Waals surface area contributed by atoms with Crippen molar-refractivity contribution in [2.24, 2.45) is 0 Å². The Hall–Kier alpha value is -2.69. The third kappa shape index (κ3) is 3.72. The van der Waals surface area contributed by atoms with Gasteiger partial charge in [0.05, 0.1) is 36.5 Å². The highest BCUT2D eigenvalue weighted by Crippen LogP contribution is 2.24. The highest BCUT2D eigenvalue weighted by atomic mass is 16.1. The van der Waals surface area contributed by atoms with E-state index < -0.39 is 0 Å². The number of hydrogen-bond acceptors (Lipinski definition) is 5. The third-order valence-corrected chi connectivity index (χ3v) is 5.46. The molecular weight excluding hydrogens is 340 g/mol. The average molecular weight is 364 g/mol. The van der Waals surface area contributed by atoms with Crippen molar-refractivity contribution in [3.8, 4) is 17.3 Å². The second-order valence-electron chi connectivity index (χ2n) is 7.10. The molecule has 0 aliphatic carbocycles. The molecule has 1 atom stereocenters. The van der Waals surface area contributed by atoms with Crippen molar-refractivity contribution in [3.05, 3.63) is 42.1 Å². The van der Waals surface area contributed by atoms with Gasteiger partial charge in [-0.25, -0.2) is 0 Å². The topological polar surface area (TPSA) is 77.2 Å². The van der Waals surface area contributed by atoms with E-state index in [0.29, 0.717) is 31.1 Å². The first-order chi connectivity index (χ1) is 13.3. The lowest BCUT2D eigenvalue weighted by Gasteiger charge is -2.47. The fourth-order valence-electron chi connectivity index (χ4n) is 4.00. The molecule has 2 bridgehead atoms. The number of carbonyl (C=O) groups excluding carboxylic acids is 1. The number of hydrogen-bond donors (Lipinski definition) is 1. The maximum atomic E-state index is 12.9. The zero-order valence-electron chi connectivity index (χ0n) is 15.3. The molecule has 0 saturated carbocycles. The van der Waals surface area contributed by atoms with Crippen LogP contribution in [0, 0.1) is 11.3 Å². The van der Waals surface area contributed by atoms with E-state index in [4.69, 9.17) is 5.26 Å². The first kappa shape index (κ1) is 17.7. The molecule has 3 aliphatic rings. The van der Waals surface area contributed by atoms with Gasteiger partial charge in [0.25, 0.3) is 5.91 Å². The highest BCUT2D eigenvalue weighted by molar-refractivity contribution is 5.99. The van der Waals surface area contributed by atoms with Gasteiger partial charge in [0.15, 0.2) is 0 Å². The van der Waals surface area contributed by atoms with Crippen LogP contribution in [-0.4, -0.2) is 70.8 Å². The van der Waals surface area contributed by atoms with Crippen molar-refractivity contribution < 1.29 is 4.79 Å². The molecule has 140 valence electrons.